The summed E-state index contributed by atoms with van der Waals surface area (Å²) in [6.07, 6.45) is 2.59. The average Bonchev–Trinajstić information content (AvgIpc) is 2.81. The topological polar surface area (TPSA) is 83.1 Å². The van der Waals surface area contributed by atoms with Crippen LogP contribution in [0.4, 0.5) is 5.69 Å². The van der Waals surface area contributed by atoms with Crippen molar-refractivity contribution in [2.75, 3.05) is 32.7 Å². The quantitative estimate of drug-likeness (QED) is 0.435. The summed E-state index contributed by atoms with van der Waals surface area (Å²) in [4.78, 5) is 24.2. The lowest BCUT2D eigenvalue weighted by molar-refractivity contribution is -0.143. The molecule has 7 heteroatoms. The Bertz CT molecular complexity index is 1040. The van der Waals surface area contributed by atoms with Crippen LogP contribution in [0.25, 0.3) is 0 Å². The van der Waals surface area contributed by atoms with E-state index in [1.807, 2.05) is 51.1 Å². The number of hydrogen-bond acceptors (Lipinski definition) is 7. The predicted octanol–water partition coefficient (Wildman–Crippen LogP) is 4.90. The summed E-state index contributed by atoms with van der Waals surface area (Å²) >= 11 is 0. The molecule has 0 saturated heterocycles. The van der Waals surface area contributed by atoms with Gasteiger partial charge >= 0.3 is 11.9 Å². The fraction of sp³-hybridized carbons (Fsp3) is 0.481. The number of rotatable bonds is 8. The normalized spacial score (nSPS) is 15.2. The van der Waals surface area contributed by atoms with Crippen LogP contribution < -0.4 is 19.5 Å². The summed E-state index contributed by atoms with van der Waals surface area (Å²) in [5.41, 5.74) is 3.75. The van der Waals surface area contributed by atoms with Gasteiger partial charge in [0.15, 0.2) is 11.5 Å². The number of anilines is 1. The van der Waals surface area contributed by atoms with Crippen molar-refractivity contribution < 1.29 is 28.5 Å². The maximum absolute atomic E-state index is 12.3. The number of benzene rings is 2. The van der Waals surface area contributed by atoms with Gasteiger partial charge in [0.25, 0.3) is 0 Å². The van der Waals surface area contributed by atoms with E-state index in [-0.39, 0.29) is 24.4 Å². The van der Waals surface area contributed by atoms with E-state index in [4.69, 9.17) is 18.9 Å². The molecule has 1 N–H and O–H groups in total. The van der Waals surface area contributed by atoms with Gasteiger partial charge in [0.1, 0.15) is 12.3 Å². The van der Waals surface area contributed by atoms with E-state index in [1.165, 1.54) is 11.1 Å². The van der Waals surface area contributed by atoms with Crippen molar-refractivity contribution in [2.24, 2.45) is 5.41 Å². The molecule has 7 nitrogen and oxygen atoms in total. The van der Waals surface area contributed by atoms with Crippen LogP contribution in [0.5, 0.6) is 17.2 Å². The first-order chi connectivity index (χ1) is 16.2. The van der Waals surface area contributed by atoms with E-state index in [0.717, 1.165) is 30.5 Å². The molecule has 1 aliphatic carbocycles. The Morgan fingerprint density at radius 3 is 2.38 bits per heavy atom. The Morgan fingerprint density at radius 1 is 1.03 bits per heavy atom. The van der Waals surface area contributed by atoms with E-state index in [9.17, 15) is 9.59 Å². The van der Waals surface area contributed by atoms with Gasteiger partial charge in [0.05, 0.1) is 26.2 Å². The zero-order chi connectivity index (χ0) is 24.9. The Balaban J connectivity index is 1.85. The molecule has 0 saturated carbocycles. The molecule has 0 heterocycles. The average molecular weight is 470 g/mol. The highest BCUT2D eigenvalue weighted by Gasteiger charge is 2.27. The number of ether oxygens (including phenoxy) is 4. The molecule has 2 aromatic carbocycles. The maximum Gasteiger partial charge on any atom is 0.325 e. The van der Waals surface area contributed by atoms with E-state index in [2.05, 4.69) is 5.32 Å². The zero-order valence-electron chi connectivity index (χ0n) is 20.9. The van der Waals surface area contributed by atoms with Crippen LogP contribution in [-0.2, 0) is 27.2 Å². The van der Waals surface area contributed by atoms with Crippen LogP contribution in [0.1, 0.15) is 56.7 Å². The smallest absolute Gasteiger partial charge is 0.325 e. The molecule has 0 bridgehead atoms. The maximum atomic E-state index is 12.3. The second-order valence-corrected chi connectivity index (χ2v) is 9.46. The van der Waals surface area contributed by atoms with Crippen LogP contribution in [0.15, 0.2) is 30.3 Å². The SMILES string of the molecule is CCOC(=O)CNc1cc(OC)c(OC)cc1[C@@H]1CCc2cc(OC(=O)C(C)(C)C)ccc2C1. The third-order valence-corrected chi connectivity index (χ3v) is 5.95. The Labute approximate surface area is 201 Å². The van der Waals surface area contributed by atoms with Gasteiger partial charge < -0.3 is 24.3 Å². The van der Waals surface area contributed by atoms with Crippen molar-refractivity contribution in [3.8, 4) is 17.2 Å². The fourth-order valence-electron chi connectivity index (χ4n) is 4.09. The lowest BCUT2D eigenvalue weighted by atomic mass is 9.79. The van der Waals surface area contributed by atoms with Crippen molar-refractivity contribution in [3.63, 3.8) is 0 Å². The van der Waals surface area contributed by atoms with Gasteiger partial charge in [-0.25, -0.2) is 0 Å². The molecule has 1 atom stereocenters. The van der Waals surface area contributed by atoms with Gasteiger partial charge in [-0.1, -0.05) is 6.07 Å². The van der Waals surface area contributed by atoms with Crippen molar-refractivity contribution in [3.05, 3.63) is 47.0 Å². The van der Waals surface area contributed by atoms with E-state index in [1.54, 1.807) is 21.1 Å². The minimum absolute atomic E-state index is 0.0716. The molecular formula is C27H35NO6. The first kappa shape index (κ1) is 25.4. The van der Waals surface area contributed by atoms with E-state index >= 15 is 0 Å². The number of methoxy groups -OCH3 is 2. The van der Waals surface area contributed by atoms with Crippen LogP contribution >= 0.6 is 0 Å². The molecule has 0 fully saturated rings. The van der Waals surface area contributed by atoms with Gasteiger partial charge in [0.2, 0.25) is 0 Å². The molecule has 184 valence electrons. The number of carbonyl (C=O) groups is 2. The molecule has 0 aromatic heterocycles. The highest BCUT2D eigenvalue weighted by Crippen LogP contribution is 2.42. The summed E-state index contributed by atoms with van der Waals surface area (Å²) in [5.74, 6) is 1.49. The molecule has 0 spiro atoms. The van der Waals surface area contributed by atoms with Crippen LogP contribution in [0, 0.1) is 5.41 Å². The summed E-state index contributed by atoms with van der Waals surface area (Å²) in [7, 11) is 3.21. The van der Waals surface area contributed by atoms with Gasteiger partial charge in [-0.05, 0) is 87.8 Å². The van der Waals surface area contributed by atoms with Crippen molar-refractivity contribution >= 4 is 17.6 Å². The number of carbonyl (C=O) groups excluding carboxylic acids is 2. The minimum atomic E-state index is -0.554. The molecule has 0 radical (unpaired) electrons. The van der Waals surface area contributed by atoms with Gasteiger partial charge in [-0.3, -0.25) is 9.59 Å². The Morgan fingerprint density at radius 2 is 1.74 bits per heavy atom. The molecule has 0 amide bonds. The molecule has 0 unspecified atom stereocenters. The number of nitrogens with one attached hydrogen (secondary N) is 1. The summed E-state index contributed by atoms with van der Waals surface area (Å²) in [6, 6.07) is 9.74. The highest BCUT2D eigenvalue weighted by atomic mass is 16.5. The van der Waals surface area contributed by atoms with Gasteiger partial charge in [-0.2, -0.15) is 0 Å². The molecule has 2 aromatic rings. The second-order valence-electron chi connectivity index (χ2n) is 9.46. The summed E-state index contributed by atoms with van der Waals surface area (Å²) in [6.45, 7) is 7.72. The Hall–Kier alpha value is -3.22. The number of aryl methyl sites for hydroxylation is 1. The minimum Gasteiger partial charge on any atom is -0.493 e. The fourth-order valence-corrected chi connectivity index (χ4v) is 4.09. The lowest BCUT2D eigenvalue weighted by Gasteiger charge is -2.28. The van der Waals surface area contributed by atoms with E-state index < -0.39 is 5.41 Å². The molecule has 3 rings (SSSR count). The number of fused-ring (bicyclic) bond motifs is 1. The molecule has 1 aliphatic rings. The summed E-state index contributed by atoms with van der Waals surface area (Å²) < 4.78 is 21.7. The second kappa shape index (κ2) is 10.8. The zero-order valence-corrected chi connectivity index (χ0v) is 20.9. The van der Waals surface area contributed by atoms with E-state index in [0.29, 0.717) is 23.9 Å². The number of hydrogen-bond donors (Lipinski definition) is 1. The van der Waals surface area contributed by atoms with Crippen LogP contribution in [-0.4, -0.2) is 39.3 Å². The largest absolute Gasteiger partial charge is 0.493 e. The van der Waals surface area contributed by atoms with Gasteiger partial charge in [-0.15, -0.1) is 0 Å². The third kappa shape index (κ3) is 6.01. The van der Waals surface area contributed by atoms with Crippen LogP contribution in [0.3, 0.4) is 0 Å². The monoisotopic (exact) mass is 469 g/mol. The first-order valence-electron chi connectivity index (χ1n) is 11.7. The Kier molecular flexibility index (Phi) is 8.07. The lowest BCUT2D eigenvalue weighted by Crippen LogP contribution is -2.25. The number of esters is 2. The standard InChI is InChI=1S/C27H35NO6/c1-7-33-25(29)16-28-22-15-24(32-6)23(31-5)14-21(22)19-9-8-18-13-20(11-10-17(18)12-19)34-26(30)27(2,3)4/h10-11,13-15,19,28H,7-9,12,16H2,1-6H3/t19-/m1/s1. The van der Waals surface area contributed by atoms with Crippen molar-refractivity contribution in [1.82, 2.24) is 0 Å². The molecular weight excluding hydrogens is 434 g/mol. The predicted molar refractivity (Wildman–Crippen MR) is 131 cm³/mol. The highest BCUT2D eigenvalue weighted by molar-refractivity contribution is 5.78. The third-order valence-electron chi connectivity index (χ3n) is 5.95. The van der Waals surface area contributed by atoms with Gasteiger partial charge in [0, 0.05) is 11.8 Å². The molecule has 0 aliphatic heterocycles. The molecule has 34 heavy (non-hydrogen) atoms. The summed E-state index contributed by atoms with van der Waals surface area (Å²) in [5, 5.41) is 3.22. The van der Waals surface area contributed by atoms with Crippen molar-refractivity contribution in [2.45, 2.75) is 52.9 Å². The van der Waals surface area contributed by atoms with Crippen LogP contribution in [0.2, 0.25) is 0 Å². The van der Waals surface area contributed by atoms with Crippen molar-refractivity contribution in [1.29, 1.82) is 0 Å². The first-order valence-corrected chi connectivity index (χ1v) is 11.7.